The summed E-state index contributed by atoms with van der Waals surface area (Å²) in [5.74, 6) is 0.120. The highest BCUT2D eigenvalue weighted by atomic mass is 35.5. The quantitative estimate of drug-likeness (QED) is 0.749. The molecular weight excluding hydrogens is 361 g/mol. The smallest absolute Gasteiger partial charge is 0.220 e. The SMILES string of the molecule is O=C1CCC(CCCOC2CCOCC2)(c2ccc(Cl)c(Cl)c2)CN1. The molecule has 6 heteroatoms. The van der Waals surface area contributed by atoms with E-state index in [1.165, 1.54) is 0 Å². The molecule has 0 aliphatic carbocycles. The first-order valence-electron chi connectivity index (χ1n) is 9.01. The van der Waals surface area contributed by atoms with Crippen LogP contribution in [0.4, 0.5) is 0 Å². The molecule has 1 aromatic rings. The zero-order valence-electron chi connectivity index (χ0n) is 14.4. The first-order chi connectivity index (χ1) is 12.1. The summed E-state index contributed by atoms with van der Waals surface area (Å²) in [7, 11) is 0. The Kier molecular flexibility index (Phi) is 6.61. The summed E-state index contributed by atoms with van der Waals surface area (Å²) in [5, 5.41) is 4.15. The standard InChI is InChI=1S/C19H25Cl2NO3/c20-16-3-2-14(12-17(16)21)19(8-4-18(23)22-13-19)7-1-9-25-15-5-10-24-11-6-15/h2-3,12,15H,1,4-11,13H2,(H,22,23). The molecule has 1 N–H and O–H groups in total. The molecule has 138 valence electrons. The van der Waals surface area contributed by atoms with Crippen LogP contribution in [0.15, 0.2) is 18.2 Å². The van der Waals surface area contributed by atoms with Gasteiger partial charge in [0.2, 0.25) is 5.91 Å². The fraction of sp³-hybridized carbons (Fsp3) is 0.632. The lowest BCUT2D eigenvalue weighted by molar-refractivity contribution is -0.123. The monoisotopic (exact) mass is 385 g/mol. The molecule has 0 spiro atoms. The van der Waals surface area contributed by atoms with E-state index in [2.05, 4.69) is 5.32 Å². The fourth-order valence-electron chi connectivity index (χ4n) is 3.73. The number of nitrogens with one attached hydrogen (secondary N) is 1. The maximum absolute atomic E-state index is 11.6. The predicted octanol–water partition coefficient (Wildman–Crippen LogP) is 4.12. The first kappa shape index (κ1) is 19.0. The van der Waals surface area contributed by atoms with Crippen molar-refractivity contribution in [3.05, 3.63) is 33.8 Å². The van der Waals surface area contributed by atoms with Gasteiger partial charge >= 0.3 is 0 Å². The second kappa shape index (κ2) is 8.72. The Hall–Kier alpha value is -0.810. The van der Waals surface area contributed by atoms with Gasteiger partial charge < -0.3 is 14.8 Å². The summed E-state index contributed by atoms with van der Waals surface area (Å²) in [6.07, 6.45) is 5.56. The van der Waals surface area contributed by atoms with Gasteiger partial charge in [0.05, 0.1) is 16.1 Å². The highest BCUT2D eigenvalue weighted by Gasteiger charge is 2.36. The number of carbonyl (C=O) groups excluding carboxylic acids is 1. The zero-order valence-corrected chi connectivity index (χ0v) is 15.9. The third-order valence-corrected chi connectivity index (χ3v) is 6.05. The zero-order chi connectivity index (χ0) is 17.7. The topological polar surface area (TPSA) is 47.6 Å². The van der Waals surface area contributed by atoms with Crippen LogP contribution >= 0.6 is 23.2 Å². The number of piperidine rings is 1. The highest BCUT2D eigenvalue weighted by molar-refractivity contribution is 6.42. The minimum absolute atomic E-state index is 0.0961. The van der Waals surface area contributed by atoms with Crippen molar-refractivity contribution in [1.82, 2.24) is 5.32 Å². The molecule has 2 aliphatic rings. The molecule has 2 saturated heterocycles. The normalized spacial score (nSPS) is 25.0. The summed E-state index contributed by atoms with van der Waals surface area (Å²) in [6, 6.07) is 5.82. The number of ether oxygens (including phenoxy) is 2. The minimum Gasteiger partial charge on any atom is -0.381 e. The molecular formula is C19H25Cl2NO3. The van der Waals surface area contributed by atoms with E-state index in [4.69, 9.17) is 32.7 Å². The molecule has 3 rings (SSSR count). The van der Waals surface area contributed by atoms with Crippen LogP contribution in [0.2, 0.25) is 10.0 Å². The summed E-state index contributed by atoms with van der Waals surface area (Å²) in [4.78, 5) is 11.6. The molecule has 0 radical (unpaired) electrons. The molecule has 1 unspecified atom stereocenters. The van der Waals surface area contributed by atoms with Gasteiger partial charge in [-0.25, -0.2) is 0 Å². The molecule has 1 aromatic carbocycles. The van der Waals surface area contributed by atoms with Crippen LogP contribution in [0.1, 0.15) is 44.1 Å². The molecule has 2 heterocycles. The van der Waals surface area contributed by atoms with Crippen molar-refractivity contribution in [1.29, 1.82) is 0 Å². The first-order valence-corrected chi connectivity index (χ1v) is 9.76. The van der Waals surface area contributed by atoms with E-state index in [-0.39, 0.29) is 11.3 Å². The lowest BCUT2D eigenvalue weighted by atomic mass is 9.71. The van der Waals surface area contributed by atoms with Gasteiger partial charge in [-0.3, -0.25) is 4.79 Å². The number of hydrogen-bond donors (Lipinski definition) is 1. The fourth-order valence-corrected chi connectivity index (χ4v) is 4.03. The molecule has 1 amide bonds. The van der Waals surface area contributed by atoms with Crippen molar-refractivity contribution < 1.29 is 14.3 Å². The number of rotatable bonds is 6. The Morgan fingerprint density at radius 3 is 2.72 bits per heavy atom. The van der Waals surface area contributed by atoms with Crippen LogP contribution < -0.4 is 5.32 Å². The molecule has 2 fully saturated rings. The Morgan fingerprint density at radius 2 is 2.04 bits per heavy atom. The van der Waals surface area contributed by atoms with Gasteiger partial charge in [-0.05, 0) is 49.8 Å². The average Bonchev–Trinajstić information content (AvgIpc) is 2.64. The van der Waals surface area contributed by atoms with Gasteiger partial charge in [0.15, 0.2) is 0 Å². The Balaban J connectivity index is 1.62. The number of benzene rings is 1. The van der Waals surface area contributed by atoms with Crippen molar-refractivity contribution in [3.63, 3.8) is 0 Å². The van der Waals surface area contributed by atoms with Gasteiger partial charge in [-0.15, -0.1) is 0 Å². The van der Waals surface area contributed by atoms with E-state index in [1.807, 2.05) is 18.2 Å². The predicted molar refractivity (Wildman–Crippen MR) is 99.4 cm³/mol. The second-order valence-corrected chi connectivity index (χ2v) is 7.79. The minimum atomic E-state index is -0.0961. The molecule has 1 atom stereocenters. The highest BCUT2D eigenvalue weighted by Crippen LogP contribution is 2.38. The van der Waals surface area contributed by atoms with Crippen LogP contribution in [0.5, 0.6) is 0 Å². The molecule has 0 saturated carbocycles. The van der Waals surface area contributed by atoms with Crippen molar-refractivity contribution >= 4 is 29.1 Å². The largest absolute Gasteiger partial charge is 0.381 e. The maximum atomic E-state index is 11.6. The van der Waals surface area contributed by atoms with Gasteiger partial charge in [-0.2, -0.15) is 0 Å². The van der Waals surface area contributed by atoms with E-state index in [0.29, 0.717) is 29.1 Å². The van der Waals surface area contributed by atoms with Crippen LogP contribution in [0.25, 0.3) is 0 Å². The van der Waals surface area contributed by atoms with Crippen molar-refractivity contribution in [3.8, 4) is 0 Å². The second-order valence-electron chi connectivity index (χ2n) is 6.97. The number of hydrogen-bond acceptors (Lipinski definition) is 3. The molecule has 0 bridgehead atoms. The van der Waals surface area contributed by atoms with Gasteiger partial charge in [-0.1, -0.05) is 29.3 Å². The summed E-state index contributed by atoms with van der Waals surface area (Å²) >= 11 is 12.3. The molecule has 4 nitrogen and oxygen atoms in total. The summed E-state index contributed by atoms with van der Waals surface area (Å²) in [5.41, 5.74) is 1.05. The van der Waals surface area contributed by atoms with E-state index < -0.39 is 0 Å². The third kappa shape index (κ3) is 4.88. The van der Waals surface area contributed by atoms with Crippen LogP contribution in [-0.2, 0) is 19.7 Å². The van der Waals surface area contributed by atoms with E-state index in [0.717, 1.165) is 57.5 Å². The van der Waals surface area contributed by atoms with Gasteiger partial charge in [0.25, 0.3) is 0 Å². The molecule has 0 aromatic heterocycles. The lowest BCUT2D eigenvalue weighted by Crippen LogP contribution is -2.46. The molecule has 25 heavy (non-hydrogen) atoms. The van der Waals surface area contributed by atoms with Gasteiger partial charge in [0.1, 0.15) is 0 Å². The van der Waals surface area contributed by atoms with Gasteiger partial charge in [0, 0.05) is 38.2 Å². The number of carbonyl (C=O) groups is 1. The number of halogens is 2. The van der Waals surface area contributed by atoms with Crippen molar-refractivity contribution in [2.24, 2.45) is 0 Å². The van der Waals surface area contributed by atoms with Crippen LogP contribution in [0.3, 0.4) is 0 Å². The van der Waals surface area contributed by atoms with Crippen molar-refractivity contribution in [2.75, 3.05) is 26.4 Å². The maximum Gasteiger partial charge on any atom is 0.220 e. The van der Waals surface area contributed by atoms with Crippen LogP contribution in [-0.4, -0.2) is 38.4 Å². The summed E-state index contributed by atoms with van der Waals surface area (Å²) < 4.78 is 11.4. The van der Waals surface area contributed by atoms with Crippen molar-refractivity contribution in [2.45, 2.75) is 50.0 Å². The van der Waals surface area contributed by atoms with E-state index in [9.17, 15) is 4.79 Å². The van der Waals surface area contributed by atoms with E-state index in [1.54, 1.807) is 0 Å². The average molecular weight is 386 g/mol. The number of amides is 1. The lowest BCUT2D eigenvalue weighted by Gasteiger charge is -2.38. The summed E-state index contributed by atoms with van der Waals surface area (Å²) in [6.45, 7) is 2.97. The third-order valence-electron chi connectivity index (χ3n) is 5.31. The Morgan fingerprint density at radius 1 is 1.24 bits per heavy atom. The van der Waals surface area contributed by atoms with Crippen LogP contribution in [0, 0.1) is 0 Å². The Bertz CT molecular complexity index is 592. The van der Waals surface area contributed by atoms with E-state index >= 15 is 0 Å². The Labute approximate surface area is 159 Å². The molecule has 2 aliphatic heterocycles.